The van der Waals surface area contributed by atoms with Crippen LogP contribution < -0.4 is 5.32 Å². The summed E-state index contributed by atoms with van der Waals surface area (Å²) in [6, 6.07) is 9.27. The van der Waals surface area contributed by atoms with E-state index in [-0.39, 0.29) is 23.1 Å². The van der Waals surface area contributed by atoms with E-state index < -0.39 is 17.6 Å². The van der Waals surface area contributed by atoms with Crippen molar-refractivity contribution in [2.24, 2.45) is 0 Å². The van der Waals surface area contributed by atoms with Crippen molar-refractivity contribution in [1.82, 2.24) is 9.88 Å². The van der Waals surface area contributed by atoms with Gasteiger partial charge in [-0.3, -0.25) is 14.5 Å². The fourth-order valence-corrected chi connectivity index (χ4v) is 2.82. The summed E-state index contributed by atoms with van der Waals surface area (Å²) < 4.78 is 14.2. The van der Waals surface area contributed by atoms with E-state index in [2.05, 4.69) is 10.3 Å². The average Bonchev–Trinajstić information content (AvgIpc) is 2.88. The highest BCUT2D eigenvalue weighted by atomic mass is 35.5. The summed E-state index contributed by atoms with van der Waals surface area (Å²) in [5.41, 5.74) is 1.74. The molecular formula is C19H14ClFN4O2. The lowest BCUT2D eigenvalue weighted by Gasteiger charge is -2.19. The van der Waals surface area contributed by atoms with E-state index in [1.807, 2.05) is 0 Å². The van der Waals surface area contributed by atoms with Gasteiger partial charge in [-0.25, -0.2) is 9.37 Å². The van der Waals surface area contributed by atoms with Crippen molar-refractivity contribution >= 4 is 29.2 Å². The molecule has 8 heteroatoms. The van der Waals surface area contributed by atoms with Crippen LogP contribution in [0.2, 0.25) is 5.15 Å². The van der Waals surface area contributed by atoms with Crippen LogP contribution in [0.4, 0.5) is 10.2 Å². The highest BCUT2D eigenvalue weighted by Gasteiger charge is 2.35. The molecule has 0 aliphatic carbocycles. The lowest BCUT2D eigenvalue weighted by atomic mass is 10.1. The molecule has 2 amide bonds. The number of anilines is 1. The summed E-state index contributed by atoms with van der Waals surface area (Å²) in [5.74, 6) is -1.78. The van der Waals surface area contributed by atoms with Gasteiger partial charge in [0.1, 0.15) is 11.2 Å². The van der Waals surface area contributed by atoms with Crippen molar-refractivity contribution in [3.8, 4) is 6.07 Å². The lowest BCUT2D eigenvalue weighted by molar-refractivity contribution is 0.0668. The van der Waals surface area contributed by atoms with Gasteiger partial charge in [0.05, 0.1) is 23.2 Å². The van der Waals surface area contributed by atoms with E-state index in [0.717, 1.165) is 16.5 Å². The van der Waals surface area contributed by atoms with Crippen LogP contribution in [0.3, 0.4) is 0 Å². The third kappa shape index (κ3) is 3.39. The molecule has 1 N–H and O–H groups in total. The van der Waals surface area contributed by atoms with Crippen LogP contribution in [0.25, 0.3) is 0 Å². The van der Waals surface area contributed by atoms with Gasteiger partial charge in [-0.1, -0.05) is 29.3 Å². The van der Waals surface area contributed by atoms with Gasteiger partial charge < -0.3 is 5.32 Å². The maximum Gasteiger partial charge on any atom is 0.261 e. The molecule has 1 aromatic carbocycles. The van der Waals surface area contributed by atoms with Crippen LogP contribution in [0.5, 0.6) is 0 Å². The predicted molar refractivity (Wildman–Crippen MR) is 97.7 cm³/mol. The van der Waals surface area contributed by atoms with E-state index in [0.29, 0.717) is 16.8 Å². The molecule has 2 aromatic rings. The lowest BCUT2D eigenvalue weighted by Crippen LogP contribution is -2.33. The van der Waals surface area contributed by atoms with Gasteiger partial charge in [0, 0.05) is 5.70 Å². The number of nitrogens with one attached hydrogen (secondary N) is 1. The first-order chi connectivity index (χ1) is 12.8. The normalized spacial score (nSPS) is 12.6. The molecule has 0 atom stereocenters. The Morgan fingerprint density at radius 1 is 1.26 bits per heavy atom. The maximum atomic E-state index is 14.2. The first kappa shape index (κ1) is 18.5. The molecular weight excluding hydrogens is 371 g/mol. The first-order valence-electron chi connectivity index (χ1n) is 7.98. The second-order valence-electron chi connectivity index (χ2n) is 6.11. The van der Waals surface area contributed by atoms with Crippen LogP contribution in [-0.4, -0.2) is 28.2 Å². The Morgan fingerprint density at radius 2 is 1.85 bits per heavy atom. The summed E-state index contributed by atoms with van der Waals surface area (Å²) in [5, 5.41) is 11.5. The SMILES string of the molecule is CC(C)=C(CN1C(=O)c2ccccc2C1=O)Nc1nc(Cl)c(C#N)cc1F. The van der Waals surface area contributed by atoms with Crippen molar-refractivity contribution in [2.75, 3.05) is 11.9 Å². The number of amides is 2. The number of nitriles is 1. The number of rotatable bonds is 4. The highest BCUT2D eigenvalue weighted by molar-refractivity contribution is 6.30. The van der Waals surface area contributed by atoms with E-state index in [9.17, 15) is 14.0 Å². The standard InChI is InChI=1S/C19H14ClFN4O2/c1-10(2)15(23-17-14(21)7-11(8-22)16(20)24-17)9-25-18(26)12-5-3-4-6-13(12)19(25)27/h3-7H,9H2,1-2H3,(H,23,24). The molecule has 0 unspecified atom stereocenters. The van der Waals surface area contributed by atoms with E-state index in [4.69, 9.17) is 16.9 Å². The Bertz CT molecular complexity index is 1000. The minimum Gasteiger partial charge on any atom is -0.340 e. The van der Waals surface area contributed by atoms with Crippen LogP contribution >= 0.6 is 11.6 Å². The second kappa shape index (κ2) is 7.17. The average molecular weight is 385 g/mol. The van der Waals surface area contributed by atoms with Crippen molar-refractivity contribution in [3.63, 3.8) is 0 Å². The second-order valence-corrected chi connectivity index (χ2v) is 6.47. The zero-order valence-electron chi connectivity index (χ0n) is 14.5. The Kier molecular flexibility index (Phi) is 4.93. The van der Waals surface area contributed by atoms with Gasteiger partial charge in [-0.2, -0.15) is 5.26 Å². The first-order valence-corrected chi connectivity index (χ1v) is 8.36. The van der Waals surface area contributed by atoms with E-state index >= 15 is 0 Å². The van der Waals surface area contributed by atoms with Crippen LogP contribution in [0, 0.1) is 17.1 Å². The molecule has 1 aromatic heterocycles. The van der Waals surface area contributed by atoms with Crippen LogP contribution in [-0.2, 0) is 0 Å². The molecule has 1 aliphatic rings. The number of hydrogen-bond acceptors (Lipinski definition) is 5. The number of pyridine rings is 1. The zero-order chi connectivity index (χ0) is 19.7. The van der Waals surface area contributed by atoms with Crippen LogP contribution in [0.1, 0.15) is 40.1 Å². The molecule has 136 valence electrons. The van der Waals surface area contributed by atoms with Gasteiger partial charge >= 0.3 is 0 Å². The maximum absolute atomic E-state index is 14.2. The Hall–Kier alpha value is -3.24. The number of imide groups is 1. The molecule has 6 nitrogen and oxygen atoms in total. The largest absolute Gasteiger partial charge is 0.340 e. The molecule has 2 heterocycles. The van der Waals surface area contributed by atoms with Gasteiger partial charge in [0.25, 0.3) is 11.8 Å². The molecule has 0 spiro atoms. The highest BCUT2D eigenvalue weighted by Crippen LogP contribution is 2.26. The molecule has 27 heavy (non-hydrogen) atoms. The molecule has 0 radical (unpaired) electrons. The van der Waals surface area contributed by atoms with Crippen molar-refractivity contribution in [3.05, 3.63) is 69.3 Å². The number of carbonyl (C=O) groups is 2. The number of allylic oxidation sites excluding steroid dienone is 1. The van der Waals surface area contributed by atoms with Crippen molar-refractivity contribution in [1.29, 1.82) is 5.26 Å². The number of hydrogen-bond donors (Lipinski definition) is 1. The summed E-state index contributed by atoms with van der Waals surface area (Å²) in [6.45, 7) is 3.43. The number of fused-ring (bicyclic) bond motifs is 1. The van der Waals surface area contributed by atoms with Crippen LogP contribution in [0.15, 0.2) is 41.6 Å². The van der Waals surface area contributed by atoms with Gasteiger partial charge in [-0.05, 0) is 32.0 Å². The molecule has 0 bridgehead atoms. The predicted octanol–water partition coefficient (Wildman–Crippen LogP) is 3.75. The van der Waals surface area contributed by atoms with Gasteiger partial charge in [-0.15, -0.1) is 0 Å². The van der Waals surface area contributed by atoms with Gasteiger partial charge in [0.15, 0.2) is 11.6 Å². The fourth-order valence-electron chi connectivity index (χ4n) is 2.64. The fraction of sp³-hybridized carbons (Fsp3) is 0.158. The molecule has 1 aliphatic heterocycles. The quantitative estimate of drug-likeness (QED) is 0.641. The van der Waals surface area contributed by atoms with E-state index in [1.165, 1.54) is 0 Å². The summed E-state index contributed by atoms with van der Waals surface area (Å²) >= 11 is 5.87. The number of nitrogens with zero attached hydrogens (tertiary/aromatic N) is 3. The monoisotopic (exact) mass is 384 g/mol. The molecule has 0 saturated carbocycles. The minimum absolute atomic E-state index is 0.0760. The van der Waals surface area contributed by atoms with Crippen molar-refractivity contribution < 1.29 is 14.0 Å². The summed E-state index contributed by atoms with van der Waals surface area (Å²) in [6.07, 6.45) is 0. The molecule has 0 fully saturated rings. The number of aromatic nitrogens is 1. The third-order valence-corrected chi connectivity index (χ3v) is 4.41. The minimum atomic E-state index is -0.767. The Labute approximate surface area is 159 Å². The van der Waals surface area contributed by atoms with E-state index in [1.54, 1.807) is 44.2 Å². The Morgan fingerprint density at radius 3 is 2.37 bits per heavy atom. The number of halogens is 2. The summed E-state index contributed by atoms with van der Waals surface area (Å²) in [7, 11) is 0. The summed E-state index contributed by atoms with van der Waals surface area (Å²) in [4.78, 5) is 30.0. The molecule has 0 saturated heterocycles. The number of carbonyl (C=O) groups excluding carboxylic acids is 2. The smallest absolute Gasteiger partial charge is 0.261 e. The van der Waals surface area contributed by atoms with Gasteiger partial charge in [0.2, 0.25) is 0 Å². The third-order valence-electron chi connectivity index (χ3n) is 4.12. The number of benzene rings is 1. The zero-order valence-corrected chi connectivity index (χ0v) is 15.3. The van der Waals surface area contributed by atoms with Crippen molar-refractivity contribution in [2.45, 2.75) is 13.8 Å². The Balaban J connectivity index is 1.89. The topological polar surface area (TPSA) is 86.1 Å². The molecule has 3 rings (SSSR count).